The third-order valence-electron chi connectivity index (χ3n) is 9.72. The molecule has 0 spiro atoms. The topological polar surface area (TPSA) is 151 Å². The number of nitrogens with one attached hydrogen (secondary N) is 2. The van der Waals surface area contributed by atoms with Gasteiger partial charge in [-0.05, 0) is 96.8 Å². The third kappa shape index (κ3) is 8.13. The van der Waals surface area contributed by atoms with Gasteiger partial charge >= 0.3 is 0 Å². The molecule has 0 radical (unpaired) electrons. The second-order valence-electron chi connectivity index (χ2n) is 13.7. The minimum Gasteiger partial charge on any atom is -0.304 e. The molecular formula is C45H37ClN12O. The summed E-state index contributed by atoms with van der Waals surface area (Å²) in [6, 6.07) is 47.1. The average Bonchev–Trinajstić information content (AvgIpc) is 3.89. The molecule has 0 atom stereocenters. The zero-order valence-corrected chi connectivity index (χ0v) is 32.9. The Labute approximate surface area is 345 Å². The SMILES string of the molecule is C/C(N=Nc1ccc2c(c1)-c1cc(N=N/C(C)=N/Nc3nc4ccccc4n3Cc3ccccc3)ccc1C2=O)=N\Nc1nc2ccccc2n1Cc1ccccc1.Cl. The molecule has 8 aromatic rings. The molecule has 6 aromatic carbocycles. The number of para-hydroxylation sites is 4. The van der Waals surface area contributed by atoms with Crippen LogP contribution in [0.3, 0.4) is 0 Å². The molecule has 14 heteroatoms. The number of rotatable bonds is 10. The largest absolute Gasteiger partial charge is 0.304 e. The first-order valence-corrected chi connectivity index (χ1v) is 18.7. The summed E-state index contributed by atoms with van der Waals surface area (Å²) in [6.45, 7) is 4.77. The Morgan fingerprint density at radius 2 is 0.932 bits per heavy atom. The van der Waals surface area contributed by atoms with Gasteiger partial charge in [-0.15, -0.1) is 32.9 Å². The molecule has 0 fully saturated rings. The molecule has 9 rings (SSSR count). The summed E-state index contributed by atoms with van der Waals surface area (Å²) in [5.41, 5.74) is 16.0. The van der Waals surface area contributed by atoms with E-state index in [0.29, 0.717) is 59.2 Å². The Morgan fingerprint density at radius 3 is 1.37 bits per heavy atom. The fraction of sp³-hybridized carbons (Fsp3) is 0.0889. The van der Waals surface area contributed by atoms with Crippen LogP contribution in [0.5, 0.6) is 0 Å². The number of azo groups is 2. The van der Waals surface area contributed by atoms with Gasteiger partial charge in [-0.25, -0.2) is 20.8 Å². The van der Waals surface area contributed by atoms with Crippen LogP contribution in [0.2, 0.25) is 0 Å². The second-order valence-corrected chi connectivity index (χ2v) is 13.7. The normalized spacial score (nSPS) is 12.7. The molecule has 0 amide bonds. The summed E-state index contributed by atoms with van der Waals surface area (Å²) in [5.74, 6) is 1.93. The number of amidine groups is 2. The number of hydrogen-bond donors (Lipinski definition) is 2. The predicted molar refractivity (Wildman–Crippen MR) is 236 cm³/mol. The van der Waals surface area contributed by atoms with E-state index in [1.54, 1.807) is 38.1 Å². The summed E-state index contributed by atoms with van der Waals surface area (Å²) < 4.78 is 4.16. The monoisotopic (exact) mass is 796 g/mol. The first-order valence-electron chi connectivity index (χ1n) is 18.7. The van der Waals surface area contributed by atoms with Crippen molar-refractivity contribution in [2.75, 3.05) is 10.9 Å². The van der Waals surface area contributed by atoms with Crippen LogP contribution in [0.4, 0.5) is 23.3 Å². The number of hydrazone groups is 2. The quantitative estimate of drug-likeness (QED) is 0.0611. The standard InChI is InChI=1S/C45H36N12O.ClH/c1-29(50-54-44-46-39-17-9-11-19-41(39)56(44)27-31-13-5-3-6-14-31)48-52-33-21-23-35-37(25-33)38-26-34(22-24-36(38)43(35)58)53-49-30(2)51-55-45-47-40-18-10-12-20-42(40)57(45)28-32-15-7-4-8-16-32;/h3-26H,27-28H2,1-2H3,(H,46,54)(H,47,55);1H/b50-29+,51-30+,52-48?,53-49?;. The van der Waals surface area contributed by atoms with E-state index in [0.717, 1.165) is 44.3 Å². The fourth-order valence-electron chi connectivity index (χ4n) is 6.92. The molecule has 290 valence electrons. The van der Waals surface area contributed by atoms with Crippen LogP contribution >= 0.6 is 12.4 Å². The fourth-order valence-corrected chi connectivity index (χ4v) is 6.92. The molecule has 2 heterocycles. The lowest BCUT2D eigenvalue weighted by Crippen LogP contribution is -2.06. The molecule has 59 heavy (non-hydrogen) atoms. The van der Waals surface area contributed by atoms with Crippen LogP contribution in [-0.2, 0) is 13.1 Å². The number of ketones is 1. The molecule has 0 aliphatic heterocycles. The minimum absolute atomic E-state index is 0. The summed E-state index contributed by atoms with van der Waals surface area (Å²) >= 11 is 0. The molecule has 0 saturated carbocycles. The number of fused-ring (bicyclic) bond motifs is 5. The van der Waals surface area contributed by atoms with E-state index in [4.69, 9.17) is 9.97 Å². The lowest BCUT2D eigenvalue weighted by atomic mass is 10.0. The second kappa shape index (κ2) is 16.8. The lowest BCUT2D eigenvalue weighted by molar-refractivity contribution is 0.104. The van der Waals surface area contributed by atoms with Crippen molar-refractivity contribution in [3.8, 4) is 11.1 Å². The number of aromatic nitrogens is 4. The minimum atomic E-state index is -0.0577. The first-order chi connectivity index (χ1) is 28.5. The molecule has 13 nitrogen and oxygen atoms in total. The Kier molecular flexibility index (Phi) is 10.9. The number of benzene rings is 6. The zero-order valence-electron chi connectivity index (χ0n) is 32.1. The highest BCUT2D eigenvalue weighted by Gasteiger charge is 2.27. The number of imidazole rings is 2. The Morgan fingerprint density at radius 1 is 0.525 bits per heavy atom. The van der Waals surface area contributed by atoms with E-state index in [1.165, 1.54) is 0 Å². The van der Waals surface area contributed by atoms with Gasteiger partial charge in [0.2, 0.25) is 11.9 Å². The van der Waals surface area contributed by atoms with Crippen LogP contribution in [0.1, 0.15) is 40.9 Å². The van der Waals surface area contributed by atoms with Crippen molar-refractivity contribution >= 4 is 75.2 Å². The van der Waals surface area contributed by atoms with E-state index in [9.17, 15) is 4.79 Å². The third-order valence-corrected chi connectivity index (χ3v) is 9.72. The van der Waals surface area contributed by atoms with E-state index in [-0.39, 0.29) is 18.2 Å². The first kappa shape index (κ1) is 38.2. The zero-order chi connectivity index (χ0) is 39.4. The van der Waals surface area contributed by atoms with E-state index < -0.39 is 0 Å². The van der Waals surface area contributed by atoms with Crippen molar-refractivity contribution in [3.05, 3.63) is 168 Å². The van der Waals surface area contributed by atoms with Crippen LogP contribution in [-0.4, -0.2) is 36.6 Å². The summed E-state index contributed by atoms with van der Waals surface area (Å²) in [6.07, 6.45) is 0. The molecule has 0 saturated heterocycles. The van der Waals surface area contributed by atoms with Gasteiger partial charge in [-0.1, -0.05) is 84.9 Å². The summed E-state index contributed by atoms with van der Waals surface area (Å²) in [4.78, 5) is 22.8. The van der Waals surface area contributed by atoms with E-state index in [1.807, 2.05) is 97.1 Å². The molecular weight excluding hydrogens is 760 g/mol. The Bertz CT molecular complexity index is 2750. The van der Waals surface area contributed by atoms with Crippen molar-refractivity contribution in [3.63, 3.8) is 0 Å². The van der Waals surface area contributed by atoms with E-state index in [2.05, 4.69) is 74.9 Å². The lowest BCUT2D eigenvalue weighted by Gasteiger charge is -2.08. The number of carbonyl (C=O) groups is 1. The van der Waals surface area contributed by atoms with Gasteiger partial charge in [-0.2, -0.15) is 10.2 Å². The molecule has 0 unspecified atom stereocenters. The maximum atomic E-state index is 13.3. The number of halogens is 1. The highest BCUT2D eigenvalue weighted by atomic mass is 35.5. The van der Waals surface area contributed by atoms with Gasteiger partial charge in [0, 0.05) is 11.1 Å². The number of anilines is 2. The molecule has 1 aliphatic carbocycles. The smallest absolute Gasteiger partial charge is 0.225 e. The van der Waals surface area contributed by atoms with E-state index >= 15 is 0 Å². The van der Waals surface area contributed by atoms with Crippen molar-refractivity contribution in [1.29, 1.82) is 0 Å². The Hall–Kier alpha value is -7.64. The maximum Gasteiger partial charge on any atom is 0.225 e. The number of hydrogen-bond acceptors (Lipinski definition) is 9. The van der Waals surface area contributed by atoms with Gasteiger partial charge in [-0.3, -0.25) is 4.79 Å². The molecule has 2 aromatic heterocycles. The van der Waals surface area contributed by atoms with Gasteiger partial charge in [0.15, 0.2) is 17.5 Å². The number of nitrogens with zero attached hydrogens (tertiary/aromatic N) is 10. The highest BCUT2D eigenvalue weighted by Crippen LogP contribution is 2.40. The number of carbonyl (C=O) groups excluding carboxylic acids is 1. The Balaban J connectivity index is 0.00000484. The average molecular weight is 797 g/mol. The summed E-state index contributed by atoms with van der Waals surface area (Å²) in [5, 5.41) is 26.5. The molecule has 1 aliphatic rings. The van der Waals surface area contributed by atoms with Crippen LogP contribution in [0, 0.1) is 0 Å². The van der Waals surface area contributed by atoms with Crippen molar-refractivity contribution in [2.45, 2.75) is 26.9 Å². The molecule has 0 bridgehead atoms. The van der Waals surface area contributed by atoms with Gasteiger partial charge < -0.3 is 9.13 Å². The molecule has 2 N–H and O–H groups in total. The maximum absolute atomic E-state index is 13.3. The van der Waals surface area contributed by atoms with Crippen LogP contribution in [0.25, 0.3) is 33.2 Å². The van der Waals surface area contributed by atoms with Crippen LogP contribution in [0.15, 0.2) is 176 Å². The highest BCUT2D eigenvalue weighted by molar-refractivity contribution is 6.22. The van der Waals surface area contributed by atoms with Crippen molar-refractivity contribution < 1.29 is 4.79 Å². The van der Waals surface area contributed by atoms with Crippen molar-refractivity contribution in [1.82, 2.24) is 19.1 Å². The van der Waals surface area contributed by atoms with Gasteiger partial charge in [0.25, 0.3) is 0 Å². The van der Waals surface area contributed by atoms with Gasteiger partial charge in [0.05, 0.1) is 46.5 Å². The van der Waals surface area contributed by atoms with Crippen LogP contribution < -0.4 is 10.9 Å². The summed E-state index contributed by atoms with van der Waals surface area (Å²) in [7, 11) is 0. The van der Waals surface area contributed by atoms with Gasteiger partial charge in [0.1, 0.15) is 0 Å². The predicted octanol–water partition coefficient (Wildman–Crippen LogP) is 11.2. The van der Waals surface area contributed by atoms with Crippen molar-refractivity contribution in [2.24, 2.45) is 30.7 Å².